The average Bonchev–Trinajstić information content (AvgIpc) is 3.08. The van der Waals surface area contributed by atoms with Crippen molar-refractivity contribution in [3.63, 3.8) is 0 Å². The molecule has 108 valence electrons. The van der Waals surface area contributed by atoms with Crippen LogP contribution in [0.15, 0.2) is 0 Å². The molecule has 0 amide bonds. The van der Waals surface area contributed by atoms with Gasteiger partial charge in [-0.15, -0.1) is 0 Å². The molecule has 1 atom stereocenters. The summed E-state index contributed by atoms with van der Waals surface area (Å²) in [7, 11) is 0. The van der Waals surface area contributed by atoms with Gasteiger partial charge in [-0.1, -0.05) is 13.8 Å². The Morgan fingerprint density at radius 3 is 2.44 bits per heavy atom. The van der Waals surface area contributed by atoms with Crippen LogP contribution in [0.5, 0.6) is 0 Å². The van der Waals surface area contributed by atoms with Gasteiger partial charge in [0.2, 0.25) is 0 Å². The fourth-order valence-electron chi connectivity index (χ4n) is 1.86. The molecule has 1 aliphatic carbocycles. The van der Waals surface area contributed by atoms with Crippen LogP contribution < -0.4 is 5.32 Å². The molecular weight excluding hydrogens is 243 g/mol. The molecule has 2 nitrogen and oxygen atoms in total. The Bertz CT molecular complexity index is 241. The lowest BCUT2D eigenvalue weighted by Crippen LogP contribution is -2.33. The molecule has 0 spiro atoms. The highest BCUT2D eigenvalue weighted by atomic mass is 19.4. The summed E-state index contributed by atoms with van der Waals surface area (Å²) in [5.74, 6) is 0. The highest BCUT2D eigenvalue weighted by Gasteiger charge is 2.28. The topological polar surface area (TPSA) is 21.3 Å². The van der Waals surface area contributed by atoms with Crippen LogP contribution in [0.4, 0.5) is 13.2 Å². The summed E-state index contributed by atoms with van der Waals surface area (Å²) in [5, 5.41) is 3.49. The molecule has 1 saturated carbocycles. The molecule has 0 radical (unpaired) electrons. The Balaban J connectivity index is 2.09. The van der Waals surface area contributed by atoms with Crippen molar-refractivity contribution < 1.29 is 17.9 Å². The van der Waals surface area contributed by atoms with Gasteiger partial charge in [0, 0.05) is 19.2 Å². The minimum atomic E-state index is -4.21. The molecule has 18 heavy (non-hydrogen) atoms. The molecule has 5 heteroatoms. The van der Waals surface area contributed by atoms with Crippen LogP contribution in [0.2, 0.25) is 0 Å². The maximum Gasteiger partial charge on any atom is 0.411 e. The molecule has 0 aliphatic heterocycles. The summed E-state index contributed by atoms with van der Waals surface area (Å²) in [6, 6.07) is 0.678. The minimum absolute atomic E-state index is 0.171. The third-order valence-electron chi connectivity index (χ3n) is 3.58. The van der Waals surface area contributed by atoms with Crippen LogP contribution in [0.3, 0.4) is 0 Å². The summed E-state index contributed by atoms with van der Waals surface area (Å²) in [6.07, 6.45) is 0.935. The van der Waals surface area contributed by atoms with Crippen LogP contribution in [0.25, 0.3) is 0 Å². The predicted octanol–water partition coefficient (Wildman–Crippen LogP) is 3.51. The van der Waals surface area contributed by atoms with Crippen LogP contribution in [-0.4, -0.2) is 32.0 Å². The van der Waals surface area contributed by atoms with Crippen LogP contribution in [-0.2, 0) is 4.74 Å². The molecule has 1 aliphatic rings. The quantitative estimate of drug-likeness (QED) is 0.645. The molecular formula is C13H24F3NO. The second-order valence-electron chi connectivity index (χ2n) is 5.59. The number of hydrogen-bond acceptors (Lipinski definition) is 2. The lowest BCUT2D eigenvalue weighted by atomic mass is 9.83. The summed E-state index contributed by atoms with van der Waals surface area (Å²) in [5.41, 5.74) is 0.171. The maximum absolute atomic E-state index is 11.9. The highest BCUT2D eigenvalue weighted by molar-refractivity contribution is 4.85. The molecule has 1 fully saturated rings. The van der Waals surface area contributed by atoms with Gasteiger partial charge in [0.25, 0.3) is 0 Å². The van der Waals surface area contributed by atoms with E-state index in [2.05, 4.69) is 23.9 Å². The first-order valence-corrected chi connectivity index (χ1v) is 6.72. The number of rotatable bonds is 9. The van der Waals surface area contributed by atoms with E-state index in [0.29, 0.717) is 12.5 Å². The number of ether oxygens (including phenoxy) is 1. The monoisotopic (exact) mass is 267 g/mol. The third kappa shape index (κ3) is 7.21. The molecule has 1 unspecified atom stereocenters. The summed E-state index contributed by atoms with van der Waals surface area (Å²) in [6.45, 7) is 4.33. The van der Waals surface area contributed by atoms with E-state index in [9.17, 15) is 13.2 Å². The Hall–Kier alpha value is -0.290. The number of alkyl halides is 3. The molecule has 0 aromatic carbocycles. The second-order valence-corrected chi connectivity index (χ2v) is 5.59. The highest BCUT2D eigenvalue weighted by Crippen LogP contribution is 2.29. The summed E-state index contributed by atoms with van der Waals surface area (Å²) >= 11 is 0. The average molecular weight is 267 g/mol. The van der Waals surface area contributed by atoms with Crippen molar-refractivity contribution in [2.75, 3.05) is 19.8 Å². The number of nitrogens with one attached hydrogen (secondary N) is 1. The molecule has 0 saturated heterocycles. The van der Waals surface area contributed by atoms with Gasteiger partial charge in [-0.25, -0.2) is 0 Å². The standard InChI is InChI=1S/C13H24F3NO/c1-3-12(2,9-17-11-5-6-11)7-4-8-18-10-13(14,15)16/h11,17H,3-10H2,1-2H3. The van der Waals surface area contributed by atoms with Crippen LogP contribution >= 0.6 is 0 Å². The van der Waals surface area contributed by atoms with Gasteiger partial charge >= 0.3 is 6.18 Å². The summed E-state index contributed by atoms with van der Waals surface area (Å²) in [4.78, 5) is 0. The van der Waals surface area contributed by atoms with E-state index < -0.39 is 12.8 Å². The van der Waals surface area contributed by atoms with E-state index in [1.54, 1.807) is 0 Å². The zero-order valence-corrected chi connectivity index (χ0v) is 11.3. The molecule has 0 heterocycles. The maximum atomic E-state index is 11.9. The van der Waals surface area contributed by atoms with Crippen molar-refractivity contribution in [1.82, 2.24) is 5.32 Å². The van der Waals surface area contributed by atoms with E-state index in [1.165, 1.54) is 12.8 Å². The van der Waals surface area contributed by atoms with Gasteiger partial charge in [-0.3, -0.25) is 0 Å². The van der Waals surface area contributed by atoms with E-state index in [1.807, 2.05) is 0 Å². The van der Waals surface area contributed by atoms with Crippen LogP contribution in [0.1, 0.15) is 46.0 Å². The largest absolute Gasteiger partial charge is 0.411 e. The predicted molar refractivity (Wildman–Crippen MR) is 65.5 cm³/mol. The number of hydrogen-bond donors (Lipinski definition) is 1. The lowest BCUT2D eigenvalue weighted by Gasteiger charge is -2.28. The number of halogens is 3. The Labute approximate surface area is 107 Å². The van der Waals surface area contributed by atoms with Crippen molar-refractivity contribution in [3.8, 4) is 0 Å². The van der Waals surface area contributed by atoms with Crippen molar-refractivity contribution in [2.24, 2.45) is 5.41 Å². The first kappa shape index (κ1) is 15.8. The van der Waals surface area contributed by atoms with Crippen molar-refractivity contribution in [3.05, 3.63) is 0 Å². The normalized spacial score (nSPS) is 19.8. The zero-order chi connectivity index (χ0) is 13.6. The van der Waals surface area contributed by atoms with E-state index in [-0.39, 0.29) is 12.0 Å². The summed E-state index contributed by atoms with van der Waals surface area (Å²) < 4.78 is 40.2. The molecule has 0 bridgehead atoms. The minimum Gasteiger partial charge on any atom is -0.372 e. The Morgan fingerprint density at radius 2 is 1.94 bits per heavy atom. The second kappa shape index (κ2) is 6.75. The Kier molecular flexibility index (Phi) is 5.92. The van der Waals surface area contributed by atoms with E-state index in [0.717, 1.165) is 19.4 Å². The third-order valence-corrected chi connectivity index (χ3v) is 3.58. The molecule has 0 aromatic rings. The SMILES string of the molecule is CCC(C)(CCCOCC(F)(F)F)CNC1CC1. The van der Waals surface area contributed by atoms with E-state index >= 15 is 0 Å². The van der Waals surface area contributed by atoms with Crippen LogP contribution in [0, 0.1) is 5.41 Å². The molecule has 1 N–H and O–H groups in total. The van der Waals surface area contributed by atoms with Crippen molar-refractivity contribution in [1.29, 1.82) is 0 Å². The zero-order valence-electron chi connectivity index (χ0n) is 11.3. The van der Waals surface area contributed by atoms with E-state index in [4.69, 9.17) is 0 Å². The smallest absolute Gasteiger partial charge is 0.372 e. The van der Waals surface area contributed by atoms with Gasteiger partial charge in [0.15, 0.2) is 0 Å². The van der Waals surface area contributed by atoms with Crippen molar-refractivity contribution >= 4 is 0 Å². The lowest BCUT2D eigenvalue weighted by molar-refractivity contribution is -0.174. The van der Waals surface area contributed by atoms with Gasteiger partial charge < -0.3 is 10.1 Å². The fourth-order valence-corrected chi connectivity index (χ4v) is 1.86. The first-order valence-electron chi connectivity index (χ1n) is 6.72. The van der Waals surface area contributed by atoms with Gasteiger partial charge in [0.1, 0.15) is 6.61 Å². The Morgan fingerprint density at radius 1 is 1.28 bits per heavy atom. The van der Waals surface area contributed by atoms with Gasteiger partial charge in [0.05, 0.1) is 0 Å². The molecule has 1 rings (SSSR count). The van der Waals surface area contributed by atoms with Gasteiger partial charge in [-0.05, 0) is 37.5 Å². The fraction of sp³-hybridized carbons (Fsp3) is 1.00. The molecule has 0 aromatic heterocycles. The van der Waals surface area contributed by atoms with Gasteiger partial charge in [-0.2, -0.15) is 13.2 Å². The first-order chi connectivity index (χ1) is 8.35. The van der Waals surface area contributed by atoms with Crippen molar-refractivity contribution in [2.45, 2.75) is 58.2 Å².